The number of aromatic nitrogens is 1. The zero-order valence-electron chi connectivity index (χ0n) is 11.6. The first-order valence-electron chi connectivity index (χ1n) is 6.79. The van der Waals surface area contributed by atoms with E-state index in [1.54, 1.807) is 6.20 Å². The molecule has 0 amide bonds. The first kappa shape index (κ1) is 13.2. The quantitative estimate of drug-likeness (QED) is 0.569. The summed E-state index contributed by atoms with van der Waals surface area (Å²) in [7, 11) is 0. The Balaban J connectivity index is 2.04. The van der Waals surface area contributed by atoms with E-state index in [2.05, 4.69) is 11.6 Å². The van der Waals surface area contributed by atoms with Crippen molar-refractivity contribution >= 4 is 16.6 Å². The highest BCUT2D eigenvalue weighted by Gasteiger charge is 2.07. The molecule has 21 heavy (non-hydrogen) atoms. The molecule has 1 heterocycles. The molecular weight excluding hydrogens is 260 g/mol. The third kappa shape index (κ3) is 2.72. The van der Waals surface area contributed by atoms with E-state index < -0.39 is 0 Å². The zero-order valence-corrected chi connectivity index (χ0v) is 11.6. The van der Waals surface area contributed by atoms with Gasteiger partial charge in [-0.25, -0.2) is 0 Å². The summed E-state index contributed by atoms with van der Waals surface area (Å²) in [6.07, 6.45) is 4.30. The van der Waals surface area contributed by atoms with Crippen LogP contribution in [0, 0.1) is 0 Å². The summed E-state index contributed by atoms with van der Waals surface area (Å²) in [6.45, 7) is 3.78. The molecule has 0 atom stereocenters. The zero-order chi connectivity index (χ0) is 14.7. The van der Waals surface area contributed by atoms with Gasteiger partial charge in [-0.1, -0.05) is 18.2 Å². The van der Waals surface area contributed by atoms with Crippen molar-refractivity contribution in [3.05, 3.63) is 72.9 Å². The normalized spacial score (nSPS) is 10.5. The van der Waals surface area contributed by atoms with Crippen LogP contribution in [0.2, 0.25) is 0 Å². The topological polar surface area (TPSA) is 48.1 Å². The van der Waals surface area contributed by atoms with Gasteiger partial charge in [-0.3, -0.25) is 4.98 Å². The number of fused-ring (bicyclic) bond motifs is 1. The molecule has 2 aromatic carbocycles. The van der Waals surface area contributed by atoms with Crippen molar-refractivity contribution in [2.75, 3.05) is 5.73 Å². The predicted octanol–water partition coefficient (Wildman–Crippen LogP) is 4.34. The molecule has 3 aromatic rings. The molecule has 0 saturated carbocycles. The highest BCUT2D eigenvalue weighted by molar-refractivity contribution is 5.85. The average Bonchev–Trinajstić information content (AvgIpc) is 2.50. The van der Waals surface area contributed by atoms with Crippen molar-refractivity contribution in [1.29, 1.82) is 0 Å². The Hall–Kier alpha value is -2.81. The Labute approximate surface area is 123 Å². The van der Waals surface area contributed by atoms with Gasteiger partial charge in [0.25, 0.3) is 0 Å². The minimum absolute atomic E-state index is 0.712. The molecule has 2 N–H and O–H groups in total. The number of hydrogen-bond donors (Lipinski definition) is 1. The van der Waals surface area contributed by atoms with E-state index in [9.17, 15) is 0 Å². The lowest BCUT2D eigenvalue weighted by Gasteiger charge is -2.12. The van der Waals surface area contributed by atoms with Crippen molar-refractivity contribution in [2.24, 2.45) is 0 Å². The maximum atomic E-state index is 6.09. The number of allylic oxidation sites excluding steroid dienone is 1. The van der Waals surface area contributed by atoms with Crippen molar-refractivity contribution in [2.45, 2.75) is 6.42 Å². The van der Waals surface area contributed by atoms with Crippen LogP contribution in [0.25, 0.3) is 10.9 Å². The maximum absolute atomic E-state index is 6.09. The third-order valence-electron chi connectivity index (χ3n) is 3.28. The van der Waals surface area contributed by atoms with Gasteiger partial charge in [0.15, 0.2) is 0 Å². The van der Waals surface area contributed by atoms with Gasteiger partial charge in [0.2, 0.25) is 0 Å². The van der Waals surface area contributed by atoms with Gasteiger partial charge in [-0.2, -0.15) is 0 Å². The average molecular weight is 276 g/mol. The fourth-order valence-electron chi connectivity index (χ4n) is 2.29. The summed E-state index contributed by atoms with van der Waals surface area (Å²) < 4.78 is 6.09. The Bertz CT molecular complexity index is 791. The highest BCUT2D eigenvalue weighted by Crippen LogP contribution is 2.31. The molecule has 0 radical (unpaired) electrons. The van der Waals surface area contributed by atoms with E-state index >= 15 is 0 Å². The largest absolute Gasteiger partial charge is 0.456 e. The lowest BCUT2D eigenvalue weighted by molar-refractivity contribution is 0.483. The minimum Gasteiger partial charge on any atom is -0.456 e. The van der Waals surface area contributed by atoms with Gasteiger partial charge in [0.05, 0.1) is 5.52 Å². The van der Waals surface area contributed by atoms with Crippen molar-refractivity contribution in [3.8, 4) is 11.5 Å². The fourth-order valence-corrected chi connectivity index (χ4v) is 2.29. The Morgan fingerprint density at radius 1 is 1.10 bits per heavy atom. The monoisotopic (exact) mass is 276 g/mol. The molecular formula is C18H16N2O. The van der Waals surface area contributed by atoms with E-state index in [0.29, 0.717) is 6.42 Å². The van der Waals surface area contributed by atoms with Crippen LogP contribution in [-0.4, -0.2) is 4.98 Å². The van der Waals surface area contributed by atoms with Gasteiger partial charge in [0, 0.05) is 22.8 Å². The van der Waals surface area contributed by atoms with Crippen LogP contribution in [0.5, 0.6) is 11.5 Å². The standard InChI is InChI=1S/C18H16N2O/c1-2-5-13-12-14(19)8-9-17(13)21-18-10-11-20-16-7-4-3-6-15(16)18/h2-4,6-12H,1,5,19H2. The Morgan fingerprint density at radius 2 is 1.95 bits per heavy atom. The number of anilines is 1. The van der Waals surface area contributed by atoms with Crippen LogP contribution >= 0.6 is 0 Å². The number of para-hydroxylation sites is 1. The number of pyridine rings is 1. The van der Waals surface area contributed by atoms with Gasteiger partial charge in [-0.05, 0) is 42.8 Å². The highest BCUT2D eigenvalue weighted by atomic mass is 16.5. The molecule has 1 aromatic heterocycles. The van der Waals surface area contributed by atoms with E-state index in [0.717, 1.165) is 33.7 Å². The van der Waals surface area contributed by atoms with Crippen LogP contribution in [-0.2, 0) is 6.42 Å². The predicted molar refractivity (Wildman–Crippen MR) is 86.6 cm³/mol. The first-order chi connectivity index (χ1) is 10.3. The summed E-state index contributed by atoms with van der Waals surface area (Å²) in [5, 5.41) is 0.987. The lowest BCUT2D eigenvalue weighted by Crippen LogP contribution is -1.94. The molecule has 3 heteroatoms. The van der Waals surface area contributed by atoms with Crippen LogP contribution in [0.15, 0.2) is 67.4 Å². The smallest absolute Gasteiger partial charge is 0.138 e. The minimum atomic E-state index is 0.712. The number of nitrogens with zero attached hydrogens (tertiary/aromatic N) is 1. The number of nitrogen functional groups attached to an aromatic ring is 1. The van der Waals surface area contributed by atoms with Crippen LogP contribution in [0.1, 0.15) is 5.56 Å². The number of rotatable bonds is 4. The van der Waals surface area contributed by atoms with E-state index in [4.69, 9.17) is 10.5 Å². The lowest BCUT2D eigenvalue weighted by atomic mass is 10.1. The molecule has 3 rings (SSSR count). The van der Waals surface area contributed by atoms with Gasteiger partial charge < -0.3 is 10.5 Å². The molecule has 0 aliphatic rings. The SMILES string of the molecule is C=CCc1cc(N)ccc1Oc1ccnc2ccccc12. The van der Waals surface area contributed by atoms with Crippen LogP contribution in [0.4, 0.5) is 5.69 Å². The van der Waals surface area contributed by atoms with Crippen molar-refractivity contribution < 1.29 is 4.74 Å². The number of ether oxygens (including phenoxy) is 1. The molecule has 0 unspecified atom stereocenters. The van der Waals surface area contributed by atoms with Crippen LogP contribution in [0.3, 0.4) is 0 Å². The van der Waals surface area contributed by atoms with E-state index in [1.807, 2.05) is 54.6 Å². The number of nitrogens with two attached hydrogens (primary N) is 1. The molecule has 0 aliphatic heterocycles. The van der Waals surface area contributed by atoms with E-state index in [-0.39, 0.29) is 0 Å². The molecule has 0 bridgehead atoms. The maximum Gasteiger partial charge on any atom is 0.138 e. The second-order valence-electron chi connectivity index (χ2n) is 4.79. The number of hydrogen-bond acceptors (Lipinski definition) is 3. The second-order valence-corrected chi connectivity index (χ2v) is 4.79. The molecule has 0 saturated heterocycles. The second kappa shape index (κ2) is 5.67. The summed E-state index contributed by atoms with van der Waals surface area (Å²) in [5.41, 5.74) is 8.49. The molecule has 0 aliphatic carbocycles. The van der Waals surface area contributed by atoms with Gasteiger partial charge >= 0.3 is 0 Å². The summed E-state index contributed by atoms with van der Waals surface area (Å²) in [5.74, 6) is 1.58. The molecule has 0 fully saturated rings. The molecule has 104 valence electrons. The summed E-state index contributed by atoms with van der Waals surface area (Å²) in [4.78, 5) is 4.34. The summed E-state index contributed by atoms with van der Waals surface area (Å²) >= 11 is 0. The van der Waals surface area contributed by atoms with Crippen LogP contribution < -0.4 is 10.5 Å². The van der Waals surface area contributed by atoms with Gasteiger partial charge in [-0.15, -0.1) is 6.58 Å². The van der Waals surface area contributed by atoms with Gasteiger partial charge in [0.1, 0.15) is 11.5 Å². The number of benzene rings is 2. The Morgan fingerprint density at radius 3 is 2.81 bits per heavy atom. The summed E-state index contributed by atoms with van der Waals surface area (Å²) in [6, 6.07) is 15.4. The van der Waals surface area contributed by atoms with Crippen molar-refractivity contribution in [1.82, 2.24) is 4.98 Å². The van der Waals surface area contributed by atoms with E-state index in [1.165, 1.54) is 0 Å². The molecule has 0 spiro atoms. The first-order valence-corrected chi connectivity index (χ1v) is 6.79. The Kier molecular flexibility index (Phi) is 3.56. The third-order valence-corrected chi connectivity index (χ3v) is 3.28. The fraction of sp³-hybridized carbons (Fsp3) is 0.0556. The molecule has 3 nitrogen and oxygen atoms in total. The van der Waals surface area contributed by atoms with Crippen molar-refractivity contribution in [3.63, 3.8) is 0 Å².